The van der Waals surface area contributed by atoms with Crippen molar-refractivity contribution in [2.24, 2.45) is 5.92 Å². The van der Waals surface area contributed by atoms with E-state index in [2.05, 4.69) is 24.1 Å². The second-order valence-corrected chi connectivity index (χ2v) is 5.51. The SMILES string of the molecule is CC(C)COCCNc1ccc2scnc2c1N. The second kappa shape index (κ2) is 6.02. The molecule has 0 bridgehead atoms. The van der Waals surface area contributed by atoms with Crippen LogP contribution in [-0.4, -0.2) is 24.7 Å². The van der Waals surface area contributed by atoms with E-state index < -0.39 is 0 Å². The predicted octanol–water partition coefficient (Wildman–Crippen LogP) is 2.96. The molecule has 0 aliphatic carbocycles. The van der Waals surface area contributed by atoms with Crippen LogP contribution in [0.15, 0.2) is 17.6 Å². The second-order valence-electron chi connectivity index (χ2n) is 4.62. The van der Waals surface area contributed by atoms with Gasteiger partial charge in [-0.05, 0) is 18.1 Å². The number of thiazole rings is 1. The van der Waals surface area contributed by atoms with E-state index in [1.54, 1.807) is 11.3 Å². The molecule has 0 spiro atoms. The average molecular weight is 265 g/mol. The summed E-state index contributed by atoms with van der Waals surface area (Å²) in [4.78, 5) is 4.27. The van der Waals surface area contributed by atoms with Gasteiger partial charge in [0.2, 0.25) is 0 Å². The number of rotatable bonds is 6. The molecule has 2 aromatic rings. The molecule has 1 aromatic carbocycles. The van der Waals surface area contributed by atoms with E-state index in [1.807, 2.05) is 17.6 Å². The molecule has 4 nitrogen and oxygen atoms in total. The Labute approximate surface area is 111 Å². The highest BCUT2D eigenvalue weighted by Crippen LogP contribution is 2.29. The van der Waals surface area contributed by atoms with Gasteiger partial charge in [-0.15, -0.1) is 11.3 Å². The van der Waals surface area contributed by atoms with Crippen molar-refractivity contribution in [1.82, 2.24) is 4.98 Å². The fraction of sp³-hybridized carbons (Fsp3) is 0.462. The van der Waals surface area contributed by atoms with Crippen molar-refractivity contribution in [2.75, 3.05) is 30.8 Å². The molecule has 0 aliphatic heterocycles. The van der Waals surface area contributed by atoms with Crippen LogP contribution in [0.3, 0.4) is 0 Å². The van der Waals surface area contributed by atoms with E-state index in [0.29, 0.717) is 12.5 Å². The topological polar surface area (TPSA) is 60.2 Å². The van der Waals surface area contributed by atoms with Crippen molar-refractivity contribution in [2.45, 2.75) is 13.8 Å². The summed E-state index contributed by atoms with van der Waals surface area (Å²) >= 11 is 1.60. The first-order valence-electron chi connectivity index (χ1n) is 6.11. The highest BCUT2D eigenvalue weighted by Gasteiger charge is 2.06. The van der Waals surface area contributed by atoms with Gasteiger partial charge in [-0.2, -0.15) is 0 Å². The maximum atomic E-state index is 6.07. The third kappa shape index (κ3) is 3.11. The van der Waals surface area contributed by atoms with Crippen molar-refractivity contribution in [3.63, 3.8) is 0 Å². The summed E-state index contributed by atoms with van der Waals surface area (Å²) in [5.41, 5.74) is 10.4. The first-order chi connectivity index (χ1) is 8.68. The Bertz CT molecular complexity index is 510. The van der Waals surface area contributed by atoms with Crippen molar-refractivity contribution >= 4 is 32.9 Å². The Morgan fingerprint density at radius 2 is 2.28 bits per heavy atom. The predicted molar refractivity (Wildman–Crippen MR) is 78.2 cm³/mol. The summed E-state index contributed by atoms with van der Waals surface area (Å²) in [6.07, 6.45) is 0. The van der Waals surface area contributed by atoms with Crippen molar-refractivity contribution < 1.29 is 4.74 Å². The first kappa shape index (κ1) is 13.1. The Balaban J connectivity index is 1.89. The zero-order valence-corrected chi connectivity index (χ0v) is 11.6. The fourth-order valence-electron chi connectivity index (χ4n) is 1.68. The van der Waals surface area contributed by atoms with Gasteiger partial charge in [0.1, 0.15) is 5.52 Å². The lowest BCUT2D eigenvalue weighted by molar-refractivity contribution is 0.118. The van der Waals surface area contributed by atoms with E-state index in [-0.39, 0.29) is 0 Å². The standard InChI is InChI=1S/C13H19N3OS/c1-9(2)7-17-6-5-15-10-3-4-11-13(12(10)14)16-8-18-11/h3-4,8-9,15H,5-7,14H2,1-2H3. The van der Waals surface area contributed by atoms with Crippen LogP contribution < -0.4 is 11.1 Å². The molecule has 0 amide bonds. The quantitative estimate of drug-likeness (QED) is 0.622. The maximum absolute atomic E-state index is 6.07. The summed E-state index contributed by atoms with van der Waals surface area (Å²) in [6.45, 7) is 6.52. The molecule has 1 aromatic heterocycles. The number of benzene rings is 1. The molecule has 0 fully saturated rings. The van der Waals surface area contributed by atoms with Crippen molar-refractivity contribution in [3.05, 3.63) is 17.6 Å². The molecule has 0 saturated heterocycles. The lowest BCUT2D eigenvalue weighted by Crippen LogP contribution is -2.13. The lowest BCUT2D eigenvalue weighted by atomic mass is 10.2. The maximum Gasteiger partial charge on any atom is 0.106 e. The molecule has 1 heterocycles. The van der Waals surface area contributed by atoms with Gasteiger partial charge in [-0.25, -0.2) is 4.98 Å². The minimum atomic E-state index is 0.571. The smallest absolute Gasteiger partial charge is 0.106 e. The van der Waals surface area contributed by atoms with Gasteiger partial charge in [0.15, 0.2) is 0 Å². The monoisotopic (exact) mass is 265 g/mol. The molecule has 5 heteroatoms. The minimum absolute atomic E-state index is 0.571. The van der Waals surface area contributed by atoms with E-state index in [4.69, 9.17) is 10.5 Å². The van der Waals surface area contributed by atoms with Crippen LogP contribution in [0.2, 0.25) is 0 Å². The number of ether oxygens (including phenoxy) is 1. The van der Waals surface area contributed by atoms with Gasteiger partial charge in [0, 0.05) is 13.2 Å². The van der Waals surface area contributed by atoms with Crippen LogP contribution in [0.4, 0.5) is 11.4 Å². The molecule has 98 valence electrons. The zero-order chi connectivity index (χ0) is 13.0. The molecule has 0 atom stereocenters. The third-order valence-electron chi connectivity index (χ3n) is 2.55. The minimum Gasteiger partial charge on any atom is -0.395 e. The first-order valence-corrected chi connectivity index (χ1v) is 6.99. The van der Waals surface area contributed by atoms with Gasteiger partial charge < -0.3 is 15.8 Å². The molecular formula is C13H19N3OS. The average Bonchev–Trinajstić information content (AvgIpc) is 2.80. The van der Waals surface area contributed by atoms with Crippen LogP contribution in [0.25, 0.3) is 10.2 Å². The van der Waals surface area contributed by atoms with Crippen molar-refractivity contribution in [1.29, 1.82) is 0 Å². The van der Waals surface area contributed by atoms with Gasteiger partial charge in [-0.1, -0.05) is 13.8 Å². The fourth-order valence-corrected chi connectivity index (χ4v) is 2.38. The number of anilines is 2. The van der Waals surface area contributed by atoms with Crippen molar-refractivity contribution in [3.8, 4) is 0 Å². The number of hydrogen-bond acceptors (Lipinski definition) is 5. The van der Waals surface area contributed by atoms with Gasteiger partial charge >= 0.3 is 0 Å². The van der Waals surface area contributed by atoms with Crippen LogP contribution in [0.1, 0.15) is 13.8 Å². The van der Waals surface area contributed by atoms with E-state index >= 15 is 0 Å². The molecule has 0 aliphatic rings. The summed E-state index contributed by atoms with van der Waals surface area (Å²) in [7, 11) is 0. The van der Waals surface area contributed by atoms with Crippen LogP contribution in [0.5, 0.6) is 0 Å². The number of nitrogens with one attached hydrogen (secondary N) is 1. The van der Waals surface area contributed by atoms with Crippen LogP contribution in [-0.2, 0) is 4.74 Å². The highest BCUT2D eigenvalue weighted by molar-refractivity contribution is 7.16. The number of aromatic nitrogens is 1. The summed E-state index contributed by atoms with van der Waals surface area (Å²) in [5, 5.41) is 3.28. The summed E-state index contributed by atoms with van der Waals surface area (Å²) in [6, 6.07) is 4.04. The van der Waals surface area contributed by atoms with Crippen LogP contribution in [0, 0.1) is 5.92 Å². The normalized spacial score (nSPS) is 11.3. The Hall–Kier alpha value is -1.33. The van der Waals surface area contributed by atoms with Gasteiger partial charge in [0.05, 0.1) is 28.2 Å². The number of fused-ring (bicyclic) bond motifs is 1. The summed E-state index contributed by atoms with van der Waals surface area (Å²) in [5.74, 6) is 0.571. The number of nitrogen functional groups attached to an aromatic ring is 1. The highest BCUT2D eigenvalue weighted by atomic mass is 32.1. The Kier molecular flexibility index (Phi) is 4.38. The molecule has 0 saturated carbocycles. The van der Waals surface area contributed by atoms with Gasteiger partial charge in [-0.3, -0.25) is 0 Å². The Morgan fingerprint density at radius 3 is 3.06 bits per heavy atom. The molecule has 18 heavy (non-hydrogen) atoms. The molecule has 0 unspecified atom stereocenters. The largest absolute Gasteiger partial charge is 0.395 e. The third-order valence-corrected chi connectivity index (χ3v) is 3.35. The summed E-state index contributed by atoms with van der Waals surface area (Å²) < 4.78 is 6.63. The molecule has 2 rings (SSSR count). The zero-order valence-electron chi connectivity index (χ0n) is 10.8. The lowest BCUT2D eigenvalue weighted by Gasteiger charge is -2.11. The number of hydrogen-bond donors (Lipinski definition) is 2. The van der Waals surface area contributed by atoms with E-state index in [1.165, 1.54) is 0 Å². The Morgan fingerprint density at radius 1 is 1.44 bits per heavy atom. The van der Waals surface area contributed by atoms with E-state index in [0.717, 1.165) is 34.7 Å². The number of nitrogens with two attached hydrogens (primary N) is 1. The number of nitrogens with zero attached hydrogens (tertiary/aromatic N) is 1. The molecule has 0 radical (unpaired) electrons. The molecular weight excluding hydrogens is 246 g/mol. The van der Waals surface area contributed by atoms with Gasteiger partial charge in [0.25, 0.3) is 0 Å². The molecule has 3 N–H and O–H groups in total. The van der Waals surface area contributed by atoms with Crippen LogP contribution >= 0.6 is 11.3 Å². The van der Waals surface area contributed by atoms with E-state index in [9.17, 15) is 0 Å².